The number of hydrogen-bond donors (Lipinski definition) is 2. The summed E-state index contributed by atoms with van der Waals surface area (Å²) >= 11 is 0. The third-order valence-electron chi connectivity index (χ3n) is 0.713. The van der Waals surface area contributed by atoms with E-state index in [0.717, 1.165) is 6.08 Å². The number of aliphatic hydroxyl groups is 1. The Morgan fingerprint density at radius 1 is 1.58 bits per heavy atom. The summed E-state index contributed by atoms with van der Waals surface area (Å²) in [5.41, 5.74) is 0. The number of carboxylic acid groups (broad SMARTS) is 1. The Morgan fingerprint density at radius 2 is 2.08 bits per heavy atom. The van der Waals surface area contributed by atoms with E-state index in [4.69, 9.17) is 15.0 Å². The Hall–Kier alpha value is -1.36. The van der Waals surface area contributed by atoms with E-state index in [1.807, 2.05) is 0 Å². The van der Waals surface area contributed by atoms with Gasteiger partial charge in [0, 0.05) is 19.1 Å². The van der Waals surface area contributed by atoms with Gasteiger partial charge in [-0.25, -0.2) is 4.79 Å². The molecule has 0 aromatic rings. The highest BCUT2D eigenvalue weighted by Gasteiger charge is 1.91. The average Bonchev–Trinajstić information content (AvgIpc) is 2.06. The number of hydrogen-bond acceptors (Lipinski definition) is 4. The third-order valence-corrected chi connectivity index (χ3v) is 0.713. The summed E-state index contributed by atoms with van der Waals surface area (Å²) in [7, 11) is 0. The maximum atomic E-state index is 10.3. The monoisotopic (exact) mass is 176 g/mol. The molecular formula is C7H12O5. The second kappa shape index (κ2) is 12.3. The zero-order valence-corrected chi connectivity index (χ0v) is 6.60. The lowest BCUT2D eigenvalue weighted by Gasteiger charge is -1.96. The molecule has 0 radical (unpaired) electrons. The molecule has 70 valence electrons. The van der Waals surface area contributed by atoms with Gasteiger partial charge in [0.05, 0.1) is 6.61 Å². The van der Waals surface area contributed by atoms with Crippen molar-refractivity contribution in [3.8, 4) is 0 Å². The molecule has 0 heterocycles. The molecule has 0 aromatic heterocycles. The van der Waals surface area contributed by atoms with Crippen molar-refractivity contribution in [3.63, 3.8) is 0 Å². The van der Waals surface area contributed by atoms with E-state index >= 15 is 0 Å². The topological polar surface area (TPSA) is 83.8 Å². The molecule has 0 amide bonds. The van der Waals surface area contributed by atoms with Crippen LogP contribution in [0.3, 0.4) is 0 Å². The number of esters is 1. The first-order chi connectivity index (χ1) is 5.72. The Morgan fingerprint density at radius 3 is 2.42 bits per heavy atom. The van der Waals surface area contributed by atoms with Gasteiger partial charge in [-0.1, -0.05) is 6.58 Å². The molecule has 0 aliphatic carbocycles. The zero-order chi connectivity index (χ0) is 9.82. The van der Waals surface area contributed by atoms with Crippen molar-refractivity contribution in [2.75, 3.05) is 13.2 Å². The summed E-state index contributed by atoms with van der Waals surface area (Å²) in [6, 6.07) is 0. The molecule has 0 aromatic carbocycles. The lowest BCUT2D eigenvalue weighted by molar-refractivity contribution is -0.138. The largest absolute Gasteiger partial charge is 0.483 e. The van der Waals surface area contributed by atoms with Crippen LogP contribution in [0.25, 0.3) is 0 Å². The average molecular weight is 176 g/mol. The van der Waals surface area contributed by atoms with Crippen LogP contribution in [0.1, 0.15) is 6.42 Å². The quantitative estimate of drug-likeness (QED) is 0.268. The first-order valence-electron chi connectivity index (χ1n) is 3.20. The van der Waals surface area contributed by atoms with E-state index in [1.54, 1.807) is 0 Å². The van der Waals surface area contributed by atoms with E-state index in [-0.39, 0.29) is 19.7 Å². The molecule has 0 aliphatic heterocycles. The molecule has 0 atom stereocenters. The molecule has 0 saturated carbocycles. The molecular weight excluding hydrogens is 164 g/mol. The van der Waals surface area contributed by atoms with Gasteiger partial charge in [-0.05, 0) is 0 Å². The van der Waals surface area contributed by atoms with E-state index in [1.165, 1.54) is 0 Å². The molecule has 0 rings (SSSR count). The normalized spacial score (nSPS) is 7.42. The molecule has 0 unspecified atom stereocenters. The summed E-state index contributed by atoms with van der Waals surface area (Å²) in [4.78, 5) is 18.6. The molecule has 0 bridgehead atoms. The summed E-state index contributed by atoms with van der Waals surface area (Å²) < 4.78 is 4.51. The highest BCUT2D eigenvalue weighted by molar-refractivity contribution is 5.81. The SMILES string of the molecule is C=CC(=O)OCCCO.O=CO. The zero-order valence-electron chi connectivity index (χ0n) is 6.60. The van der Waals surface area contributed by atoms with Crippen LogP contribution in [-0.2, 0) is 14.3 Å². The maximum Gasteiger partial charge on any atom is 0.330 e. The Bertz CT molecular complexity index is 132. The lowest BCUT2D eigenvalue weighted by Crippen LogP contribution is -2.02. The van der Waals surface area contributed by atoms with Crippen LogP contribution in [0.5, 0.6) is 0 Å². The highest BCUT2D eigenvalue weighted by atomic mass is 16.5. The van der Waals surface area contributed by atoms with Crippen molar-refractivity contribution in [3.05, 3.63) is 12.7 Å². The fourth-order valence-electron chi connectivity index (χ4n) is 0.296. The van der Waals surface area contributed by atoms with Gasteiger partial charge in [-0.3, -0.25) is 4.79 Å². The summed E-state index contributed by atoms with van der Waals surface area (Å²) in [5, 5.41) is 15.1. The third kappa shape index (κ3) is 15.9. The Kier molecular flexibility index (Phi) is 13.6. The molecule has 12 heavy (non-hydrogen) atoms. The second-order valence-electron chi connectivity index (χ2n) is 1.55. The van der Waals surface area contributed by atoms with E-state index in [9.17, 15) is 4.79 Å². The number of rotatable bonds is 4. The molecule has 2 N–H and O–H groups in total. The molecule has 5 nitrogen and oxygen atoms in total. The van der Waals surface area contributed by atoms with Gasteiger partial charge in [0.15, 0.2) is 0 Å². The van der Waals surface area contributed by atoms with Gasteiger partial charge >= 0.3 is 5.97 Å². The van der Waals surface area contributed by atoms with Crippen molar-refractivity contribution in [2.45, 2.75) is 6.42 Å². The van der Waals surface area contributed by atoms with Gasteiger partial charge < -0.3 is 14.9 Å². The van der Waals surface area contributed by atoms with Crippen LogP contribution in [-0.4, -0.2) is 35.9 Å². The molecule has 0 aliphatic rings. The van der Waals surface area contributed by atoms with Crippen LogP contribution < -0.4 is 0 Å². The number of ether oxygens (including phenoxy) is 1. The number of carbonyl (C=O) groups is 2. The van der Waals surface area contributed by atoms with Gasteiger partial charge in [-0.2, -0.15) is 0 Å². The van der Waals surface area contributed by atoms with Gasteiger partial charge in [0.2, 0.25) is 0 Å². The smallest absolute Gasteiger partial charge is 0.330 e. The van der Waals surface area contributed by atoms with Crippen molar-refractivity contribution >= 4 is 12.4 Å². The van der Waals surface area contributed by atoms with Gasteiger partial charge in [-0.15, -0.1) is 0 Å². The number of carbonyl (C=O) groups excluding carboxylic acids is 1. The first kappa shape index (κ1) is 13.2. The van der Waals surface area contributed by atoms with Crippen LogP contribution in [0, 0.1) is 0 Å². The molecule has 5 heteroatoms. The Labute approximate surface area is 70.3 Å². The summed E-state index contributed by atoms with van der Waals surface area (Å²) in [5.74, 6) is -0.441. The van der Waals surface area contributed by atoms with Crippen LogP contribution >= 0.6 is 0 Å². The predicted octanol–water partition coefficient (Wildman–Crippen LogP) is -0.201. The van der Waals surface area contributed by atoms with E-state index in [0.29, 0.717) is 6.42 Å². The fraction of sp³-hybridized carbons (Fsp3) is 0.429. The van der Waals surface area contributed by atoms with Crippen molar-refractivity contribution in [1.29, 1.82) is 0 Å². The van der Waals surface area contributed by atoms with Crippen molar-refractivity contribution in [1.82, 2.24) is 0 Å². The fourth-order valence-corrected chi connectivity index (χ4v) is 0.296. The van der Waals surface area contributed by atoms with Gasteiger partial charge in [0.25, 0.3) is 6.47 Å². The van der Waals surface area contributed by atoms with Crippen LogP contribution in [0.15, 0.2) is 12.7 Å². The lowest BCUT2D eigenvalue weighted by atomic mass is 10.5. The highest BCUT2D eigenvalue weighted by Crippen LogP contribution is 1.82. The van der Waals surface area contributed by atoms with E-state index < -0.39 is 5.97 Å². The maximum absolute atomic E-state index is 10.3. The predicted molar refractivity (Wildman–Crippen MR) is 41.6 cm³/mol. The summed E-state index contributed by atoms with van der Waals surface area (Å²) in [6.45, 7) is 3.26. The van der Waals surface area contributed by atoms with E-state index in [2.05, 4.69) is 11.3 Å². The molecule has 0 spiro atoms. The van der Waals surface area contributed by atoms with Crippen molar-refractivity contribution in [2.24, 2.45) is 0 Å². The van der Waals surface area contributed by atoms with Gasteiger partial charge in [0.1, 0.15) is 0 Å². The summed E-state index contributed by atoms with van der Waals surface area (Å²) in [6.07, 6.45) is 1.58. The van der Waals surface area contributed by atoms with Crippen LogP contribution in [0.4, 0.5) is 0 Å². The molecule has 0 fully saturated rings. The Balaban J connectivity index is 0. The minimum Gasteiger partial charge on any atom is -0.483 e. The standard InChI is InChI=1S/C6H10O3.CH2O2/c1-2-6(8)9-5-3-4-7;2-1-3/h2,7H,1,3-5H2;1H,(H,2,3). The minimum absolute atomic E-state index is 0.0461. The first-order valence-corrected chi connectivity index (χ1v) is 3.20. The van der Waals surface area contributed by atoms with Crippen molar-refractivity contribution < 1.29 is 24.5 Å². The second-order valence-corrected chi connectivity index (χ2v) is 1.55. The minimum atomic E-state index is -0.441. The molecule has 0 saturated heterocycles. The number of aliphatic hydroxyl groups excluding tert-OH is 1. The van der Waals surface area contributed by atoms with Crippen LogP contribution in [0.2, 0.25) is 0 Å².